The van der Waals surface area contributed by atoms with Crippen molar-refractivity contribution in [1.82, 2.24) is 5.32 Å². The van der Waals surface area contributed by atoms with Crippen LogP contribution < -0.4 is 5.32 Å². The first-order chi connectivity index (χ1) is 6.79. The Morgan fingerprint density at radius 2 is 1.29 bits per heavy atom. The van der Waals surface area contributed by atoms with E-state index in [1.54, 1.807) is 0 Å². The Hall–Kier alpha value is -0.160. The van der Waals surface area contributed by atoms with Crippen LogP contribution in [0.3, 0.4) is 0 Å². The number of morpholine rings is 1. The van der Waals surface area contributed by atoms with Gasteiger partial charge in [0.2, 0.25) is 0 Å². The van der Waals surface area contributed by atoms with Crippen molar-refractivity contribution in [3.05, 3.63) is 0 Å². The van der Waals surface area contributed by atoms with Gasteiger partial charge >= 0.3 is 0 Å². The van der Waals surface area contributed by atoms with Crippen molar-refractivity contribution < 1.29 is 14.2 Å². The molecule has 0 amide bonds. The Morgan fingerprint density at radius 1 is 0.857 bits per heavy atom. The number of hydrogen-bond donors (Lipinski definition) is 1. The molecule has 0 spiro atoms. The van der Waals surface area contributed by atoms with E-state index >= 15 is 0 Å². The van der Waals surface area contributed by atoms with Crippen LogP contribution >= 0.6 is 0 Å². The molecule has 0 radical (unpaired) electrons. The summed E-state index contributed by atoms with van der Waals surface area (Å²) in [6.45, 7) is 9.29. The molecule has 2 rings (SSSR count). The van der Waals surface area contributed by atoms with Gasteiger partial charge in [0.25, 0.3) is 0 Å². The molecule has 2 unspecified atom stereocenters. The molecule has 1 N–H and O–H groups in total. The molecule has 2 atom stereocenters. The molecule has 2 aliphatic heterocycles. The fourth-order valence-corrected chi connectivity index (χ4v) is 1.42. The average Bonchev–Trinajstić information content (AvgIpc) is 2.21. The second-order valence-corrected chi connectivity index (χ2v) is 3.64. The molecule has 0 aromatic rings. The maximum atomic E-state index is 5.42. The van der Waals surface area contributed by atoms with Crippen molar-refractivity contribution in [2.45, 2.75) is 26.1 Å². The number of rotatable bonds is 0. The molecule has 4 heteroatoms. The smallest absolute Gasteiger partial charge is 0.0701 e. The van der Waals surface area contributed by atoms with Crippen LogP contribution in [0.1, 0.15) is 13.8 Å². The summed E-state index contributed by atoms with van der Waals surface area (Å²) in [6, 6.07) is 0. The minimum absolute atomic E-state index is 0.402. The van der Waals surface area contributed by atoms with Crippen molar-refractivity contribution in [1.29, 1.82) is 0 Å². The highest BCUT2D eigenvalue weighted by molar-refractivity contribution is 4.66. The van der Waals surface area contributed by atoms with Crippen molar-refractivity contribution in [3.63, 3.8) is 0 Å². The lowest BCUT2D eigenvalue weighted by Crippen LogP contribution is -2.41. The van der Waals surface area contributed by atoms with E-state index in [2.05, 4.69) is 19.2 Å². The lowest BCUT2D eigenvalue weighted by molar-refractivity contribution is -0.0334. The minimum Gasteiger partial charge on any atom is -0.377 e. The summed E-state index contributed by atoms with van der Waals surface area (Å²) < 4.78 is 15.3. The highest BCUT2D eigenvalue weighted by atomic mass is 16.6. The SMILES string of the molecule is C1COCCO1.CC1CNCC(C)O1. The van der Waals surface area contributed by atoms with E-state index in [-0.39, 0.29) is 0 Å². The summed E-state index contributed by atoms with van der Waals surface area (Å²) in [6.07, 6.45) is 0.803. The molecule has 0 aromatic heterocycles. The lowest BCUT2D eigenvalue weighted by Gasteiger charge is -2.25. The van der Waals surface area contributed by atoms with Crippen LogP contribution in [0.5, 0.6) is 0 Å². The maximum absolute atomic E-state index is 5.42. The fraction of sp³-hybridized carbons (Fsp3) is 1.00. The summed E-state index contributed by atoms with van der Waals surface area (Å²) in [4.78, 5) is 0. The number of nitrogens with one attached hydrogen (secondary N) is 1. The van der Waals surface area contributed by atoms with Crippen LogP contribution in [-0.2, 0) is 14.2 Å². The van der Waals surface area contributed by atoms with Gasteiger partial charge in [-0.3, -0.25) is 0 Å². The molecule has 2 aliphatic rings. The molecule has 0 saturated carbocycles. The Kier molecular flexibility index (Phi) is 6.10. The van der Waals surface area contributed by atoms with Crippen LogP contribution in [0, 0.1) is 0 Å². The lowest BCUT2D eigenvalue weighted by atomic mass is 10.3. The Morgan fingerprint density at radius 3 is 1.50 bits per heavy atom. The molecule has 0 aromatic carbocycles. The standard InChI is InChI=1S/C6H13NO.C4H8O2/c1-5-3-7-4-6(2)8-5;1-2-6-4-3-5-1/h5-7H,3-4H2,1-2H3;1-4H2. The van der Waals surface area contributed by atoms with E-state index < -0.39 is 0 Å². The Bertz CT molecular complexity index is 120. The van der Waals surface area contributed by atoms with Gasteiger partial charge in [0.1, 0.15) is 0 Å². The predicted molar refractivity (Wildman–Crippen MR) is 54.5 cm³/mol. The van der Waals surface area contributed by atoms with Crippen LogP contribution in [0.25, 0.3) is 0 Å². The van der Waals surface area contributed by atoms with E-state index in [0.29, 0.717) is 12.2 Å². The molecule has 14 heavy (non-hydrogen) atoms. The van der Waals surface area contributed by atoms with Gasteiger partial charge in [-0.1, -0.05) is 0 Å². The molecule has 0 aliphatic carbocycles. The molecular formula is C10H21NO3. The van der Waals surface area contributed by atoms with Gasteiger partial charge in [-0.05, 0) is 13.8 Å². The van der Waals surface area contributed by atoms with Crippen LogP contribution in [0.4, 0.5) is 0 Å². The third kappa shape index (κ3) is 5.54. The molecule has 0 bridgehead atoms. The van der Waals surface area contributed by atoms with Gasteiger partial charge in [-0.25, -0.2) is 0 Å². The highest BCUT2D eigenvalue weighted by Crippen LogP contribution is 2.00. The molecule has 84 valence electrons. The van der Waals surface area contributed by atoms with Gasteiger partial charge in [-0.2, -0.15) is 0 Å². The van der Waals surface area contributed by atoms with E-state index in [4.69, 9.17) is 14.2 Å². The molecule has 4 nitrogen and oxygen atoms in total. The number of hydrogen-bond acceptors (Lipinski definition) is 4. The zero-order chi connectivity index (χ0) is 10.2. The first kappa shape index (κ1) is 11.9. The van der Waals surface area contributed by atoms with Gasteiger partial charge in [0.05, 0.1) is 38.6 Å². The molecule has 2 saturated heterocycles. The summed E-state index contributed by atoms with van der Waals surface area (Å²) in [7, 11) is 0. The zero-order valence-electron chi connectivity index (χ0n) is 9.12. The highest BCUT2D eigenvalue weighted by Gasteiger charge is 2.12. The summed E-state index contributed by atoms with van der Waals surface area (Å²) in [5.41, 5.74) is 0. The Balaban J connectivity index is 0.000000146. The second-order valence-electron chi connectivity index (χ2n) is 3.64. The van der Waals surface area contributed by atoms with E-state index in [1.807, 2.05) is 0 Å². The maximum Gasteiger partial charge on any atom is 0.0701 e. The number of ether oxygens (including phenoxy) is 3. The van der Waals surface area contributed by atoms with Crippen molar-refractivity contribution in [3.8, 4) is 0 Å². The van der Waals surface area contributed by atoms with Gasteiger partial charge in [0.15, 0.2) is 0 Å². The van der Waals surface area contributed by atoms with E-state index in [9.17, 15) is 0 Å². The zero-order valence-corrected chi connectivity index (χ0v) is 9.12. The fourth-order valence-electron chi connectivity index (χ4n) is 1.42. The molecule has 2 fully saturated rings. The topological polar surface area (TPSA) is 39.7 Å². The van der Waals surface area contributed by atoms with E-state index in [1.165, 1.54) is 0 Å². The molecular weight excluding hydrogens is 182 g/mol. The normalized spacial score (nSPS) is 33.0. The monoisotopic (exact) mass is 203 g/mol. The van der Waals surface area contributed by atoms with Crippen molar-refractivity contribution >= 4 is 0 Å². The first-order valence-corrected chi connectivity index (χ1v) is 5.30. The average molecular weight is 203 g/mol. The van der Waals surface area contributed by atoms with Crippen molar-refractivity contribution in [2.24, 2.45) is 0 Å². The van der Waals surface area contributed by atoms with Gasteiger partial charge < -0.3 is 19.5 Å². The predicted octanol–water partition coefficient (Wildman–Crippen LogP) is 0.416. The van der Waals surface area contributed by atoms with Crippen LogP contribution in [0.2, 0.25) is 0 Å². The minimum atomic E-state index is 0.402. The van der Waals surface area contributed by atoms with Crippen LogP contribution in [-0.4, -0.2) is 51.7 Å². The second kappa shape index (κ2) is 7.17. The Labute approximate surface area is 85.9 Å². The van der Waals surface area contributed by atoms with Crippen molar-refractivity contribution in [2.75, 3.05) is 39.5 Å². The summed E-state index contributed by atoms with van der Waals surface area (Å²) in [5, 5.41) is 3.26. The summed E-state index contributed by atoms with van der Waals surface area (Å²) >= 11 is 0. The van der Waals surface area contributed by atoms with E-state index in [0.717, 1.165) is 39.5 Å². The largest absolute Gasteiger partial charge is 0.377 e. The third-order valence-electron chi connectivity index (χ3n) is 2.07. The van der Waals surface area contributed by atoms with Gasteiger partial charge in [0, 0.05) is 13.1 Å². The van der Waals surface area contributed by atoms with Crippen LogP contribution in [0.15, 0.2) is 0 Å². The third-order valence-corrected chi connectivity index (χ3v) is 2.07. The first-order valence-electron chi connectivity index (χ1n) is 5.30. The van der Waals surface area contributed by atoms with Gasteiger partial charge in [-0.15, -0.1) is 0 Å². The molecule has 2 heterocycles. The quantitative estimate of drug-likeness (QED) is 0.619. The summed E-state index contributed by atoms with van der Waals surface area (Å²) in [5.74, 6) is 0.